The van der Waals surface area contributed by atoms with Crippen molar-refractivity contribution in [2.45, 2.75) is 47.1 Å². The minimum atomic E-state index is -0.609. The second-order valence-electron chi connectivity index (χ2n) is 6.73. The van der Waals surface area contributed by atoms with Crippen LogP contribution >= 0.6 is 11.3 Å². The number of carbonyl (C=O) groups is 3. The highest BCUT2D eigenvalue weighted by molar-refractivity contribution is 7.18. The highest BCUT2D eigenvalue weighted by Crippen LogP contribution is 2.34. The molecule has 30 heavy (non-hydrogen) atoms. The highest BCUT2D eigenvalue weighted by atomic mass is 32.1. The van der Waals surface area contributed by atoms with Gasteiger partial charge in [-0.2, -0.15) is 0 Å². The second kappa shape index (κ2) is 10.8. The Morgan fingerprint density at radius 3 is 2.43 bits per heavy atom. The molecule has 0 saturated heterocycles. The van der Waals surface area contributed by atoms with Crippen LogP contribution in [0.15, 0.2) is 24.3 Å². The van der Waals surface area contributed by atoms with Crippen LogP contribution in [0.3, 0.4) is 0 Å². The van der Waals surface area contributed by atoms with E-state index in [1.165, 1.54) is 0 Å². The zero-order valence-electron chi connectivity index (χ0n) is 17.9. The number of ether oxygens (including phenoxy) is 3. The number of hydrogen-bond donors (Lipinski definition) is 1. The Labute approximate surface area is 180 Å². The fourth-order valence-corrected chi connectivity index (χ4v) is 3.85. The van der Waals surface area contributed by atoms with Crippen LogP contribution in [0.5, 0.6) is 5.75 Å². The monoisotopic (exact) mass is 433 g/mol. The molecular formula is C22H27NO6S. The summed E-state index contributed by atoms with van der Waals surface area (Å²) in [5.74, 6) is -0.977. The summed E-state index contributed by atoms with van der Waals surface area (Å²) in [5, 5.41) is 2.91. The van der Waals surface area contributed by atoms with Crippen molar-refractivity contribution in [1.29, 1.82) is 0 Å². The number of anilines is 1. The standard InChI is InChI=1S/C22H27NO6S/c1-6-15-10-8-9-11-16(15)28-12-17(24)23-20-18(21(25)27-7-2)14(5)19(30-20)22(26)29-13(3)4/h8-11,13H,6-7,12H2,1-5H3,(H,23,24). The molecule has 0 bridgehead atoms. The Hall–Kier alpha value is -2.87. The van der Waals surface area contributed by atoms with Gasteiger partial charge in [-0.15, -0.1) is 11.3 Å². The number of esters is 2. The molecule has 0 fully saturated rings. The van der Waals surface area contributed by atoms with Gasteiger partial charge in [0.1, 0.15) is 15.6 Å². The topological polar surface area (TPSA) is 90.9 Å². The summed E-state index contributed by atoms with van der Waals surface area (Å²) in [6.07, 6.45) is 0.464. The highest BCUT2D eigenvalue weighted by Gasteiger charge is 2.27. The molecule has 0 spiro atoms. The molecule has 0 radical (unpaired) electrons. The molecule has 0 aliphatic heterocycles. The molecule has 0 saturated carbocycles. The van der Waals surface area contributed by atoms with Crippen molar-refractivity contribution < 1.29 is 28.6 Å². The van der Waals surface area contributed by atoms with Crippen LogP contribution in [0.25, 0.3) is 0 Å². The summed E-state index contributed by atoms with van der Waals surface area (Å²) in [5.41, 5.74) is 1.56. The van der Waals surface area contributed by atoms with Crippen LogP contribution in [0, 0.1) is 6.92 Å². The quantitative estimate of drug-likeness (QED) is 0.590. The maximum Gasteiger partial charge on any atom is 0.348 e. The van der Waals surface area contributed by atoms with Gasteiger partial charge in [-0.3, -0.25) is 4.79 Å². The molecule has 1 aromatic heterocycles. The summed E-state index contributed by atoms with van der Waals surface area (Å²) in [6, 6.07) is 7.47. The first-order valence-corrected chi connectivity index (χ1v) is 10.6. The van der Waals surface area contributed by atoms with E-state index in [4.69, 9.17) is 14.2 Å². The number of hydrogen-bond acceptors (Lipinski definition) is 7. The van der Waals surface area contributed by atoms with Crippen molar-refractivity contribution in [3.63, 3.8) is 0 Å². The molecule has 0 aliphatic carbocycles. The Kier molecular flexibility index (Phi) is 8.41. The first-order chi connectivity index (χ1) is 14.3. The number of para-hydroxylation sites is 1. The number of nitrogens with one attached hydrogen (secondary N) is 1. The van der Waals surface area contributed by atoms with Crippen LogP contribution in [-0.2, 0) is 20.7 Å². The minimum Gasteiger partial charge on any atom is -0.483 e. The van der Waals surface area contributed by atoms with E-state index in [0.29, 0.717) is 11.3 Å². The number of amides is 1. The zero-order valence-corrected chi connectivity index (χ0v) is 18.7. The number of benzene rings is 1. The van der Waals surface area contributed by atoms with Gasteiger partial charge in [-0.25, -0.2) is 9.59 Å². The van der Waals surface area contributed by atoms with Crippen molar-refractivity contribution >= 4 is 34.2 Å². The summed E-state index contributed by atoms with van der Waals surface area (Å²) < 4.78 is 16.0. The summed E-state index contributed by atoms with van der Waals surface area (Å²) in [4.78, 5) is 37.6. The molecule has 8 heteroatoms. The average Bonchev–Trinajstić information content (AvgIpc) is 3.02. The van der Waals surface area contributed by atoms with Crippen LogP contribution < -0.4 is 10.1 Å². The summed E-state index contributed by atoms with van der Waals surface area (Å²) in [7, 11) is 0. The predicted octanol–water partition coefficient (Wildman–Crippen LogP) is 4.38. The molecule has 1 aromatic carbocycles. The second-order valence-corrected chi connectivity index (χ2v) is 7.75. The maximum absolute atomic E-state index is 12.5. The maximum atomic E-state index is 12.5. The normalized spacial score (nSPS) is 10.6. The Bertz CT molecular complexity index is 918. The van der Waals surface area contributed by atoms with E-state index in [2.05, 4.69) is 5.32 Å². The summed E-state index contributed by atoms with van der Waals surface area (Å²) in [6.45, 7) is 8.73. The lowest BCUT2D eigenvalue weighted by Crippen LogP contribution is -2.21. The fraction of sp³-hybridized carbons (Fsp3) is 0.409. The van der Waals surface area contributed by atoms with Crippen LogP contribution in [0.1, 0.15) is 58.9 Å². The van der Waals surface area contributed by atoms with E-state index in [1.54, 1.807) is 33.8 Å². The molecular weight excluding hydrogens is 406 g/mol. The predicted molar refractivity (Wildman–Crippen MR) is 116 cm³/mol. The molecule has 1 N–H and O–H groups in total. The van der Waals surface area contributed by atoms with Gasteiger partial charge in [0.2, 0.25) is 0 Å². The lowest BCUT2D eigenvalue weighted by Gasteiger charge is -2.10. The number of rotatable bonds is 9. The lowest BCUT2D eigenvalue weighted by atomic mass is 10.1. The Balaban J connectivity index is 2.22. The van der Waals surface area contributed by atoms with Gasteiger partial charge in [-0.1, -0.05) is 25.1 Å². The molecule has 0 aliphatic rings. The molecule has 162 valence electrons. The molecule has 1 heterocycles. The first-order valence-electron chi connectivity index (χ1n) is 9.80. The average molecular weight is 434 g/mol. The Morgan fingerprint density at radius 1 is 1.10 bits per heavy atom. The fourth-order valence-electron chi connectivity index (χ4n) is 2.76. The van der Waals surface area contributed by atoms with Crippen LogP contribution in [0.4, 0.5) is 5.00 Å². The summed E-state index contributed by atoms with van der Waals surface area (Å²) >= 11 is 0.985. The van der Waals surface area contributed by atoms with Gasteiger partial charge in [0.25, 0.3) is 5.91 Å². The largest absolute Gasteiger partial charge is 0.483 e. The zero-order chi connectivity index (χ0) is 22.3. The third kappa shape index (κ3) is 5.82. The van der Waals surface area contributed by atoms with Gasteiger partial charge in [0.15, 0.2) is 6.61 Å². The third-order valence-electron chi connectivity index (χ3n) is 4.12. The molecule has 7 nitrogen and oxygen atoms in total. The number of carbonyl (C=O) groups excluding carboxylic acids is 3. The molecule has 0 unspecified atom stereocenters. The van der Waals surface area contributed by atoms with Crippen molar-refractivity contribution in [3.05, 3.63) is 45.8 Å². The van der Waals surface area contributed by atoms with E-state index in [-0.39, 0.29) is 34.8 Å². The number of thiophene rings is 1. The van der Waals surface area contributed by atoms with E-state index >= 15 is 0 Å². The van der Waals surface area contributed by atoms with Crippen molar-refractivity contribution in [2.24, 2.45) is 0 Å². The van der Waals surface area contributed by atoms with E-state index < -0.39 is 17.8 Å². The van der Waals surface area contributed by atoms with Gasteiger partial charge >= 0.3 is 11.9 Å². The van der Waals surface area contributed by atoms with E-state index in [1.807, 2.05) is 25.1 Å². The van der Waals surface area contributed by atoms with Crippen LogP contribution in [0.2, 0.25) is 0 Å². The van der Waals surface area contributed by atoms with E-state index in [0.717, 1.165) is 23.3 Å². The molecule has 0 atom stereocenters. The van der Waals surface area contributed by atoms with Gasteiger partial charge in [0, 0.05) is 0 Å². The van der Waals surface area contributed by atoms with Crippen molar-refractivity contribution in [2.75, 3.05) is 18.5 Å². The van der Waals surface area contributed by atoms with Gasteiger partial charge in [-0.05, 0) is 51.3 Å². The van der Waals surface area contributed by atoms with Crippen LogP contribution in [-0.4, -0.2) is 37.2 Å². The SMILES string of the molecule is CCOC(=O)c1c(NC(=O)COc2ccccc2CC)sc(C(=O)OC(C)C)c1C. The van der Waals surface area contributed by atoms with Gasteiger partial charge < -0.3 is 19.5 Å². The smallest absolute Gasteiger partial charge is 0.348 e. The molecule has 2 aromatic rings. The molecule has 2 rings (SSSR count). The van der Waals surface area contributed by atoms with Crippen molar-refractivity contribution in [1.82, 2.24) is 0 Å². The van der Waals surface area contributed by atoms with E-state index in [9.17, 15) is 14.4 Å². The lowest BCUT2D eigenvalue weighted by molar-refractivity contribution is -0.118. The van der Waals surface area contributed by atoms with Crippen molar-refractivity contribution in [3.8, 4) is 5.75 Å². The molecule has 1 amide bonds. The first kappa shape index (κ1) is 23.4. The Morgan fingerprint density at radius 2 is 1.80 bits per heavy atom. The number of aryl methyl sites for hydroxylation is 1. The van der Waals surface area contributed by atoms with Gasteiger partial charge in [0.05, 0.1) is 18.3 Å². The third-order valence-corrected chi connectivity index (χ3v) is 5.31. The minimum absolute atomic E-state index is 0.153.